The Hall–Kier alpha value is -3.00. The molecule has 0 radical (unpaired) electrons. The van der Waals surface area contributed by atoms with Gasteiger partial charge in [-0.25, -0.2) is 4.98 Å². The van der Waals surface area contributed by atoms with E-state index in [2.05, 4.69) is 4.98 Å². The molecule has 3 aromatic rings. The summed E-state index contributed by atoms with van der Waals surface area (Å²) in [6.07, 6.45) is 0.924. The van der Waals surface area contributed by atoms with Crippen LogP contribution in [-0.4, -0.2) is 27.7 Å². The minimum Gasteiger partial charge on any atom is -0.494 e. The van der Waals surface area contributed by atoms with Crippen LogP contribution in [0.15, 0.2) is 40.5 Å². The van der Waals surface area contributed by atoms with Gasteiger partial charge in [-0.15, -0.1) is 11.3 Å². The molecule has 152 valence electrons. The molecule has 0 aliphatic rings. The van der Waals surface area contributed by atoms with Crippen molar-refractivity contribution in [2.75, 3.05) is 6.61 Å². The van der Waals surface area contributed by atoms with Crippen LogP contribution in [0.4, 0.5) is 0 Å². The molecule has 2 heterocycles. The molecule has 1 aromatic carbocycles. The number of Topliss-reactive ketones (excluding diaryl/α,β-unsaturated/α-hetero) is 1. The first-order valence-electron chi connectivity index (χ1n) is 9.36. The summed E-state index contributed by atoms with van der Waals surface area (Å²) >= 11 is 1.35. The van der Waals surface area contributed by atoms with E-state index in [4.69, 9.17) is 9.47 Å². The van der Waals surface area contributed by atoms with Gasteiger partial charge in [0, 0.05) is 29.1 Å². The summed E-state index contributed by atoms with van der Waals surface area (Å²) in [5, 5.41) is 1.84. The van der Waals surface area contributed by atoms with E-state index in [1.807, 2.05) is 19.2 Å². The van der Waals surface area contributed by atoms with Crippen molar-refractivity contribution in [3.63, 3.8) is 0 Å². The number of carbonyl (C=O) groups is 2. The van der Waals surface area contributed by atoms with E-state index in [0.29, 0.717) is 28.6 Å². The molecular weight excluding hydrogens is 392 g/mol. The Morgan fingerprint density at radius 1 is 1.17 bits per heavy atom. The Balaban J connectivity index is 1.49. The number of hydrogen-bond donors (Lipinski definition) is 0. The van der Waals surface area contributed by atoms with Crippen LogP contribution >= 0.6 is 11.3 Å². The minimum absolute atomic E-state index is 0.0355. The van der Waals surface area contributed by atoms with Crippen LogP contribution in [0.1, 0.15) is 47.9 Å². The highest BCUT2D eigenvalue weighted by atomic mass is 32.1. The van der Waals surface area contributed by atoms with Crippen LogP contribution < -0.4 is 10.3 Å². The molecule has 3 rings (SSSR count). The van der Waals surface area contributed by atoms with Crippen molar-refractivity contribution >= 4 is 28.1 Å². The highest BCUT2D eigenvalue weighted by molar-refractivity contribution is 7.15. The molecule has 0 aliphatic carbocycles. The van der Waals surface area contributed by atoms with Gasteiger partial charge in [-0.05, 0) is 37.6 Å². The smallest absolute Gasteiger partial charge is 0.306 e. The number of rotatable bonds is 9. The van der Waals surface area contributed by atoms with Gasteiger partial charge in [0.2, 0.25) is 0 Å². The molecule has 0 unspecified atom stereocenters. The van der Waals surface area contributed by atoms with Gasteiger partial charge in [-0.1, -0.05) is 6.92 Å². The van der Waals surface area contributed by atoms with E-state index in [-0.39, 0.29) is 30.8 Å². The molecule has 0 saturated carbocycles. The van der Waals surface area contributed by atoms with Gasteiger partial charge in [0.15, 0.2) is 10.7 Å². The number of ketones is 1. The number of benzene rings is 1. The Morgan fingerprint density at radius 3 is 2.66 bits per heavy atom. The average Bonchev–Trinajstić information content (AvgIpc) is 3.10. The molecule has 0 aliphatic heterocycles. The zero-order chi connectivity index (χ0) is 20.8. The lowest BCUT2D eigenvalue weighted by molar-refractivity contribution is -0.145. The van der Waals surface area contributed by atoms with Gasteiger partial charge >= 0.3 is 5.97 Å². The van der Waals surface area contributed by atoms with Gasteiger partial charge < -0.3 is 9.47 Å². The number of carbonyl (C=O) groups excluding carboxylic acids is 2. The highest BCUT2D eigenvalue weighted by Crippen LogP contribution is 2.15. The quantitative estimate of drug-likeness (QED) is 0.393. The van der Waals surface area contributed by atoms with E-state index in [9.17, 15) is 14.4 Å². The molecule has 0 saturated heterocycles. The second kappa shape index (κ2) is 9.47. The fraction of sp³-hybridized carbons (Fsp3) is 0.333. The lowest BCUT2D eigenvalue weighted by Crippen LogP contribution is -2.16. The van der Waals surface area contributed by atoms with Crippen LogP contribution in [-0.2, 0) is 16.1 Å². The third-order valence-electron chi connectivity index (χ3n) is 4.21. The first-order chi connectivity index (χ1) is 14.0. The first-order valence-corrected chi connectivity index (χ1v) is 10.2. The number of thiazole rings is 1. The van der Waals surface area contributed by atoms with E-state index in [0.717, 1.165) is 12.1 Å². The van der Waals surface area contributed by atoms with Crippen LogP contribution in [0.25, 0.3) is 4.96 Å². The molecule has 0 atom stereocenters. The third kappa shape index (κ3) is 5.29. The molecule has 29 heavy (non-hydrogen) atoms. The number of esters is 1. The SMILES string of the molecule is CCCOc1ccc(C(=O)CCC(=O)OCc2cc(=O)n3c(C)csc3n2)cc1. The summed E-state index contributed by atoms with van der Waals surface area (Å²) in [6, 6.07) is 8.22. The van der Waals surface area contributed by atoms with Crippen molar-refractivity contribution in [3.8, 4) is 5.75 Å². The van der Waals surface area contributed by atoms with Crippen molar-refractivity contribution in [2.45, 2.75) is 39.7 Å². The molecule has 0 fully saturated rings. The topological polar surface area (TPSA) is 87.0 Å². The largest absolute Gasteiger partial charge is 0.494 e. The predicted octanol–water partition coefficient (Wildman–Crippen LogP) is 3.56. The summed E-state index contributed by atoms with van der Waals surface area (Å²) in [7, 11) is 0. The number of hydrogen-bond acceptors (Lipinski definition) is 7. The molecular formula is C21H22N2O5S. The molecule has 0 N–H and O–H groups in total. The number of aromatic nitrogens is 2. The molecule has 0 amide bonds. The van der Waals surface area contributed by atoms with Crippen LogP contribution in [0.5, 0.6) is 5.75 Å². The van der Waals surface area contributed by atoms with Gasteiger partial charge in [-0.2, -0.15) is 0 Å². The van der Waals surface area contributed by atoms with Crippen LogP contribution in [0, 0.1) is 6.92 Å². The first kappa shape index (κ1) is 20.7. The second-order valence-corrected chi connectivity index (χ2v) is 7.37. The number of fused-ring (bicyclic) bond motifs is 1. The van der Waals surface area contributed by atoms with Crippen molar-refractivity contribution in [1.29, 1.82) is 0 Å². The third-order valence-corrected chi connectivity index (χ3v) is 5.16. The highest BCUT2D eigenvalue weighted by Gasteiger charge is 2.12. The zero-order valence-corrected chi connectivity index (χ0v) is 17.2. The van der Waals surface area contributed by atoms with Gasteiger partial charge in [-0.3, -0.25) is 18.8 Å². The Kier molecular flexibility index (Phi) is 6.77. The van der Waals surface area contributed by atoms with Gasteiger partial charge in [0.1, 0.15) is 12.4 Å². The maximum Gasteiger partial charge on any atom is 0.306 e. The lowest BCUT2D eigenvalue weighted by atomic mass is 10.1. The zero-order valence-electron chi connectivity index (χ0n) is 16.3. The number of nitrogens with zero attached hydrogens (tertiary/aromatic N) is 2. The number of aryl methyl sites for hydroxylation is 1. The molecule has 8 heteroatoms. The van der Waals surface area contributed by atoms with Crippen LogP contribution in [0.3, 0.4) is 0 Å². The van der Waals surface area contributed by atoms with Crippen molar-refractivity contribution in [1.82, 2.24) is 9.38 Å². The summed E-state index contributed by atoms with van der Waals surface area (Å²) in [5.74, 6) is 0.0607. The van der Waals surface area contributed by atoms with Crippen molar-refractivity contribution in [2.24, 2.45) is 0 Å². The van der Waals surface area contributed by atoms with Gasteiger partial charge in [0.25, 0.3) is 5.56 Å². The molecule has 0 spiro atoms. The van der Waals surface area contributed by atoms with E-state index >= 15 is 0 Å². The molecule has 7 nitrogen and oxygen atoms in total. The lowest BCUT2D eigenvalue weighted by Gasteiger charge is -2.06. The Labute approximate surface area is 171 Å². The number of ether oxygens (including phenoxy) is 2. The van der Waals surface area contributed by atoms with E-state index in [1.54, 1.807) is 24.3 Å². The monoisotopic (exact) mass is 414 g/mol. The van der Waals surface area contributed by atoms with Crippen LogP contribution in [0.2, 0.25) is 0 Å². The predicted molar refractivity (Wildman–Crippen MR) is 110 cm³/mol. The second-order valence-electron chi connectivity index (χ2n) is 6.54. The minimum atomic E-state index is -0.509. The Morgan fingerprint density at radius 2 is 1.93 bits per heavy atom. The molecule has 2 aromatic heterocycles. The maximum atomic E-state index is 12.2. The maximum absolute atomic E-state index is 12.2. The average molecular weight is 414 g/mol. The summed E-state index contributed by atoms with van der Waals surface area (Å²) in [6.45, 7) is 4.38. The Bertz CT molecular complexity index is 1070. The summed E-state index contributed by atoms with van der Waals surface area (Å²) in [5.41, 5.74) is 1.52. The molecule has 0 bridgehead atoms. The van der Waals surface area contributed by atoms with Gasteiger partial charge in [0.05, 0.1) is 18.7 Å². The summed E-state index contributed by atoms with van der Waals surface area (Å²) < 4.78 is 12.2. The summed E-state index contributed by atoms with van der Waals surface area (Å²) in [4.78, 5) is 41.2. The normalized spacial score (nSPS) is 10.8. The standard InChI is InChI=1S/C21H22N2O5S/c1-3-10-27-17-6-4-15(5-7-17)18(24)8-9-20(26)28-12-16-11-19(25)23-14(2)13-29-21(23)22-16/h4-7,11,13H,3,8-10,12H2,1-2H3. The van der Waals surface area contributed by atoms with E-state index in [1.165, 1.54) is 21.8 Å². The fourth-order valence-electron chi connectivity index (χ4n) is 2.72. The van der Waals surface area contributed by atoms with Crippen molar-refractivity contribution < 1.29 is 19.1 Å². The van der Waals surface area contributed by atoms with Crippen molar-refractivity contribution in [3.05, 3.63) is 63.0 Å². The fourth-order valence-corrected chi connectivity index (χ4v) is 3.61. The van der Waals surface area contributed by atoms with E-state index < -0.39 is 5.97 Å².